The molecule has 1 saturated carbocycles. The summed E-state index contributed by atoms with van der Waals surface area (Å²) in [4.78, 5) is 12.1. The van der Waals surface area contributed by atoms with E-state index in [4.69, 9.17) is 17.4 Å². The van der Waals surface area contributed by atoms with E-state index in [1.807, 2.05) is 0 Å². The van der Waals surface area contributed by atoms with Crippen molar-refractivity contribution in [2.45, 2.75) is 25.7 Å². The number of benzene rings is 1. The molecule has 0 saturated heterocycles. The van der Waals surface area contributed by atoms with Crippen LogP contribution in [0.4, 0.5) is 5.69 Å². The Kier molecular flexibility index (Phi) is 4.44. The fraction of sp³-hybridized carbons (Fsp3) is 0.462. The molecule has 1 aliphatic carbocycles. The summed E-state index contributed by atoms with van der Waals surface area (Å²) in [6.07, 6.45) is 4.95. The van der Waals surface area contributed by atoms with Gasteiger partial charge in [0.2, 0.25) is 0 Å². The van der Waals surface area contributed by atoms with Gasteiger partial charge >= 0.3 is 0 Å². The van der Waals surface area contributed by atoms with Crippen LogP contribution in [-0.4, -0.2) is 12.5 Å². The van der Waals surface area contributed by atoms with Gasteiger partial charge in [-0.3, -0.25) is 10.6 Å². The van der Waals surface area contributed by atoms with Crippen molar-refractivity contribution >= 4 is 23.2 Å². The van der Waals surface area contributed by atoms with Crippen molar-refractivity contribution in [3.63, 3.8) is 0 Å². The second-order valence-electron chi connectivity index (χ2n) is 4.69. The fourth-order valence-corrected chi connectivity index (χ4v) is 2.55. The van der Waals surface area contributed by atoms with Crippen LogP contribution in [0.15, 0.2) is 18.2 Å². The molecule has 1 aromatic rings. The molecule has 0 spiro atoms. The number of hydrogen-bond donors (Lipinski definition) is 3. The van der Waals surface area contributed by atoms with Gasteiger partial charge in [-0.1, -0.05) is 24.4 Å². The zero-order valence-corrected chi connectivity index (χ0v) is 11.0. The highest BCUT2D eigenvalue weighted by molar-refractivity contribution is 6.31. The van der Waals surface area contributed by atoms with Gasteiger partial charge in [0.25, 0.3) is 5.91 Å². The average Bonchev–Trinajstić information content (AvgIpc) is 2.89. The maximum Gasteiger partial charge on any atom is 0.253 e. The molecular weight excluding hydrogens is 250 g/mol. The third-order valence-corrected chi connectivity index (χ3v) is 3.64. The van der Waals surface area contributed by atoms with Gasteiger partial charge in [-0.25, -0.2) is 0 Å². The fourth-order valence-electron chi connectivity index (χ4n) is 2.38. The molecule has 2 rings (SSSR count). The first-order valence-electron chi connectivity index (χ1n) is 6.25. The Bertz CT molecular complexity index is 430. The molecule has 1 aliphatic rings. The highest BCUT2D eigenvalue weighted by Gasteiger charge is 2.17. The van der Waals surface area contributed by atoms with Gasteiger partial charge in [-0.05, 0) is 37.0 Å². The highest BCUT2D eigenvalue weighted by Crippen LogP contribution is 2.24. The van der Waals surface area contributed by atoms with E-state index in [1.54, 1.807) is 18.2 Å². The van der Waals surface area contributed by atoms with E-state index in [0.29, 0.717) is 22.2 Å². The number of hydrazine groups is 1. The Balaban J connectivity index is 2.00. The number of amides is 1. The SMILES string of the molecule is NNc1ccc(Cl)cc1C(=O)NCC1CCCC1. The van der Waals surface area contributed by atoms with Crippen LogP contribution in [0.25, 0.3) is 0 Å². The zero-order valence-electron chi connectivity index (χ0n) is 10.2. The molecule has 0 radical (unpaired) electrons. The lowest BCUT2D eigenvalue weighted by atomic mass is 10.1. The van der Waals surface area contributed by atoms with Crippen LogP contribution in [0, 0.1) is 5.92 Å². The first kappa shape index (κ1) is 13.2. The van der Waals surface area contributed by atoms with Crippen LogP contribution in [0.5, 0.6) is 0 Å². The van der Waals surface area contributed by atoms with Crippen LogP contribution in [-0.2, 0) is 0 Å². The van der Waals surface area contributed by atoms with Gasteiger partial charge in [0.15, 0.2) is 0 Å². The molecule has 4 N–H and O–H groups in total. The van der Waals surface area contributed by atoms with Gasteiger partial charge in [0, 0.05) is 11.6 Å². The molecule has 5 heteroatoms. The summed E-state index contributed by atoms with van der Waals surface area (Å²) in [7, 11) is 0. The van der Waals surface area contributed by atoms with E-state index >= 15 is 0 Å². The van der Waals surface area contributed by atoms with Crippen molar-refractivity contribution in [1.29, 1.82) is 0 Å². The standard InChI is InChI=1S/C13H18ClN3O/c14-10-5-6-12(17-15)11(7-10)13(18)16-8-9-3-1-2-4-9/h5-7,9,17H,1-4,8,15H2,(H,16,18). The second-order valence-corrected chi connectivity index (χ2v) is 5.13. The molecule has 18 heavy (non-hydrogen) atoms. The lowest BCUT2D eigenvalue weighted by Gasteiger charge is -2.13. The summed E-state index contributed by atoms with van der Waals surface area (Å²) in [6.45, 7) is 0.732. The summed E-state index contributed by atoms with van der Waals surface area (Å²) in [6, 6.07) is 5.03. The maximum absolute atomic E-state index is 12.1. The number of carbonyl (C=O) groups excluding carboxylic acids is 1. The van der Waals surface area contributed by atoms with Crippen LogP contribution >= 0.6 is 11.6 Å². The van der Waals surface area contributed by atoms with E-state index in [9.17, 15) is 4.79 Å². The van der Waals surface area contributed by atoms with E-state index in [2.05, 4.69) is 10.7 Å². The molecule has 0 bridgehead atoms. The molecule has 4 nitrogen and oxygen atoms in total. The molecule has 1 aromatic carbocycles. The Morgan fingerprint density at radius 3 is 2.78 bits per heavy atom. The minimum Gasteiger partial charge on any atom is -0.352 e. The van der Waals surface area contributed by atoms with Crippen molar-refractivity contribution in [2.75, 3.05) is 12.0 Å². The summed E-state index contributed by atoms with van der Waals surface area (Å²) in [5.41, 5.74) is 3.59. The molecule has 0 heterocycles. The lowest BCUT2D eigenvalue weighted by Crippen LogP contribution is -2.29. The third kappa shape index (κ3) is 3.15. The Morgan fingerprint density at radius 1 is 1.39 bits per heavy atom. The average molecular weight is 268 g/mol. The Morgan fingerprint density at radius 2 is 2.11 bits per heavy atom. The molecule has 0 aromatic heterocycles. The lowest BCUT2D eigenvalue weighted by molar-refractivity contribution is 0.0948. The topological polar surface area (TPSA) is 67.1 Å². The van der Waals surface area contributed by atoms with Gasteiger partial charge in [0.1, 0.15) is 0 Å². The molecule has 0 atom stereocenters. The van der Waals surface area contributed by atoms with Gasteiger partial charge in [0.05, 0.1) is 11.3 Å². The summed E-state index contributed by atoms with van der Waals surface area (Å²) in [5.74, 6) is 5.87. The predicted octanol–water partition coefficient (Wildman–Crippen LogP) is 2.55. The molecule has 1 fully saturated rings. The first-order chi connectivity index (χ1) is 8.70. The van der Waals surface area contributed by atoms with Crippen molar-refractivity contribution in [2.24, 2.45) is 11.8 Å². The second kappa shape index (κ2) is 6.07. The van der Waals surface area contributed by atoms with Crippen LogP contribution in [0.3, 0.4) is 0 Å². The van der Waals surface area contributed by atoms with Gasteiger partial charge in [-0.2, -0.15) is 0 Å². The van der Waals surface area contributed by atoms with Crippen molar-refractivity contribution < 1.29 is 4.79 Å². The van der Waals surface area contributed by atoms with E-state index in [-0.39, 0.29) is 5.91 Å². The summed E-state index contributed by atoms with van der Waals surface area (Å²) >= 11 is 5.90. The van der Waals surface area contributed by atoms with E-state index in [0.717, 1.165) is 6.54 Å². The Labute approximate surface area is 112 Å². The Hall–Kier alpha value is -1.26. The number of nitrogen functional groups attached to an aromatic ring is 1. The van der Waals surface area contributed by atoms with Crippen LogP contribution in [0.1, 0.15) is 36.0 Å². The predicted molar refractivity (Wildman–Crippen MR) is 73.6 cm³/mol. The number of nitrogens with two attached hydrogens (primary N) is 1. The minimum absolute atomic E-state index is 0.127. The molecule has 1 amide bonds. The summed E-state index contributed by atoms with van der Waals surface area (Å²) in [5, 5.41) is 3.48. The van der Waals surface area contributed by atoms with Crippen molar-refractivity contribution in [3.05, 3.63) is 28.8 Å². The quantitative estimate of drug-likeness (QED) is 0.580. The van der Waals surface area contributed by atoms with Gasteiger partial charge < -0.3 is 10.7 Å². The van der Waals surface area contributed by atoms with Crippen molar-refractivity contribution in [1.82, 2.24) is 5.32 Å². The monoisotopic (exact) mass is 267 g/mol. The molecular formula is C13H18ClN3O. The number of halogens is 1. The third-order valence-electron chi connectivity index (χ3n) is 3.41. The summed E-state index contributed by atoms with van der Waals surface area (Å²) < 4.78 is 0. The molecule has 0 unspecified atom stereocenters. The number of carbonyl (C=O) groups is 1. The van der Waals surface area contributed by atoms with Crippen molar-refractivity contribution in [3.8, 4) is 0 Å². The zero-order chi connectivity index (χ0) is 13.0. The molecule has 98 valence electrons. The van der Waals surface area contributed by atoms with Crippen LogP contribution in [0.2, 0.25) is 5.02 Å². The number of rotatable bonds is 4. The highest BCUT2D eigenvalue weighted by atomic mass is 35.5. The van der Waals surface area contributed by atoms with Crippen LogP contribution < -0.4 is 16.6 Å². The maximum atomic E-state index is 12.1. The van der Waals surface area contributed by atoms with E-state index < -0.39 is 0 Å². The smallest absolute Gasteiger partial charge is 0.253 e. The molecule has 0 aliphatic heterocycles. The number of anilines is 1. The van der Waals surface area contributed by atoms with E-state index in [1.165, 1.54) is 25.7 Å². The first-order valence-corrected chi connectivity index (χ1v) is 6.63. The van der Waals surface area contributed by atoms with Gasteiger partial charge in [-0.15, -0.1) is 0 Å². The normalized spacial score (nSPS) is 15.7. The minimum atomic E-state index is -0.127. The number of hydrogen-bond acceptors (Lipinski definition) is 3. The number of nitrogens with one attached hydrogen (secondary N) is 2. The largest absolute Gasteiger partial charge is 0.352 e.